The maximum atomic E-state index is 13.3. The third-order valence-electron chi connectivity index (χ3n) is 6.41. The first-order valence-corrected chi connectivity index (χ1v) is 11.3. The molecule has 1 aromatic heterocycles. The van der Waals surface area contributed by atoms with Gasteiger partial charge >= 0.3 is 6.29 Å². The van der Waals surface area contributed by atoms with Crippen LogP contribution in [0.25, 0.3) is 5.57 Å². The quantitative estimate of drug-likeness (QED) is 0.525. The van der Waals surface area contributed by atoms with Gasteiger partial charge in [-0.25, -0.2) is 4.98 Å². The van der Waals surface area contributed by atoms with Gasteiger partial charge in [0.05, 0.1) is 11.1 Å². The molecule has 3 aliphatic rings. The summed E-state index contributed by atoms with van der Waals surface area (Å²) in [5.74, 6) is 0.0346. The van der Waals surface area contributed by atoms with E-state index < -0.39 is 11.7 Å². The first kappa shape index (κ1) is 24.7. The number of aromatic nitrogens is 1. The van der Waals surface area contributed by atoms with Crippen LogP contribution in [0.3, 0.4) is 0 Å². The first-order valence-electron chi connectivity index (χ1n) is 11.3. The van der Waals surface area contributed by atoms with Crippen LogP contribution in [0.2, 0.25) is 0 Å². The fourth-order valence-corrected chi connectivity index (χ4v) is 4.08. The largest absolute Gasteiger partial charge is 0.586 e. The van der Waals surface area contributed by atoms with E-state index in [0.717, 1.165) is 34.0 Å². The highest BCUT2D eigenvalue weighted by atomic mass is 19.3. The van der Waals surface area contributed by atoms with Crippen LogP contribution in [0.15, 0.2) is 60.2 Å². The number of carbonyl (C=O) groups is 1. The third-order valence-corrected chi connectivity index (χ3v) is 6.41. The van der Waals surface area contributed by atoms with Gasteiger partial charge in [-0.3, -0.25) is 4.79 Å². The Balaban J connectivity index is 1.50. The molecule has 186 valence electrons. The van der Waals surface area contributed by atoms with E-state index in [-0.39, 0.29) is 23.7 Å². The number of methoxy groups -OCH3 is 1. The number of pyridine rings is 1. The van der Waals surface area contributed by atoms with Gasteiger partial charge in [-0.15, -0.1) is 8.78 Å². The summed E-state index contributed by atoms with van der Waals surface area (Å²) in [4.78, 5) is 17.9. The molecule has 1 atom stereocenters. The van der Waals surface area contributed by atoms with E-state index in [2.05, 4.69) is 26.7 Å². The summed E-state index contributed by atoms with van der Waals surface area (Å²) in [7, 11) is 1.62. The molecule has 3 heterocycles. The number of halogens is 2. The number of hydrogen-bond acceptors (Lipinski definition) is 6. The minimum absolute atomic E-state index is 0.118. The third kappa shape index (κ3) is 5.14. The zero-order valence-electron chi connectivity index (χ0n) is 20.2. The second kappa shape index (κ2) is 9.30. The Morgan fingerprint density at radius 1 is 1.31 bits per heavy atom. The molecule has 0 saturated heterocycles. The van der Waals surface area contributed by atoms with E-state index in [0.29, 0.717) is 25.1 Å². The molecule has 1 unspecified atom stereocenters. The number of carbonyl (C=O) groups excluding carboxylic acids is 1. The number of alkyl halides is 2. The van der Waals surface area contributed by atoms with Crippen molar-refractivity contribution >= 4 is 17.3 Å². The molecule has 0 bridgehead atoms. The van der Waals surface area contributed by atoms with Gasteiger partial charge in [-0.1, -0.05) is 12.7 Å². The minimum atomic E-state index is -3.72. The summed E-state index contributed by atoms with van der Waals surface area (Å²) < 4.78 is 41.1. The SMILES string of the molecule is C=CC1=C(/C=C\CC2(C(=O)Nc3cc(C)c(C)c(C4=CC(C)=CNC4OC)n3)CC2)OC(F)(F)O1. The van der Waals surface area contributed by atoms with E-state index in [9.17, 15) is 13.6 Å². The molecule has 2 N–H and O–H groups in total. The number of dihydropyridines is 1. The fourth-order valence-electron chi connectivity index (χ4n) is 4.08. The van der Waals surface area contributed by atoms with Gasteiger partial charge in [-0.2, -0.15) is 0 Å². The lowest BCUT2D eigenvalue weighted by molar-refractivity contribution is -0.335. The number of nitrogens with zero attached hydrogens (tertiary/aromatic N) is 1. The molecule has 9 heteroatoms. The number of hydrogen-bond donors (Lipinski definition) is 2. The Morgan fingerprint density at radius 3 is 2.69 bits per heavy atom. The van der Waals surface area contributed by atoms with Gasteiger partial charge in [0.2, 0.25) is 5.91 Å². The van der Waals surface area contributed by atoms with E-state index in [4.69, 9.17) is 9.72 Å². The first-order chi connectivity index (χ1) is 16.6. The maximum absolute atomic E-state index is 13.3. The van der Waals surface area contributed by atoms with Crippen LogP contribution in [-0.2, 0) is 19.0 Å². The lowest BCUT2D eigenvalue weighted by Crippen LogP contribution is -2.31. The van der Waals surface area contributed by atoms with E-state index in [1.54, 1.807) is 13.2 Å². The summed E-state index contributed by atoms with van der Waals surface area (Å²) in [5, 5.41) is 6.16. The van der Waals surface area contributed by atoms with E-state index in [1.807, 2.05) is 39.1 Å². The summed E-state index contributed by atoms with van der Waals surface area (Å²) in [6, 6.07) is 1.84. The number of nitrogens with one attached hydrogen (secondary N) is 2. The molecule has 2 aliphatic heterocycles. The molecule has 0 spiro atoms. The van der Waals surface area contributed by atoms with Gasteiger partial charge in [0.1, 0.15) is 5.82 Å². The lowest BCUT2D eigenvalue weighted by Gasteiger charge is -2.25. The second-order valence-electron chi connectivity index (χ2n) is 9.01. The summed E-state index contributed by atoms with van der Waals surface area (Å²) >= 11 is 0. The molecule has 1 aliphatic carbocycles. The van der Waals surface area contributed by atoms with Crippen LogP contribution < -0.4 is 10.6 Å². The van der Waals surface area contributed by atoms with Crippen molar-refractivity contribution in [1.29, 1.82) is 0 Å². The van der Waals surface area contributed by atoms with Crippen LogP contribution in [0.4, 0.5) is 14.6 Å². The highest BCUT2D eigenvalue weighted by molar-refractivity contribution is 5.97. The molecular formula is C26H29F2N3O4. The summed E-state index contributed by atoms with van der Waals surface area (Å²) in [6.07, 6.45) is 5.77. The number of rotatable bonds is 8. The van der Waals surface area contributed by atoms with Gasteiger partial charge in [0, 0.05) is 18.9 Å². The highest BCUT2D eigenvalue weighted by Crippen LogP contribution is 2.50. The van der Waals surface area contributed by atoms with Crippen molar-refractivity contribution < 1.29 is 27.8 Å². The molecule has 1 aromatic rings. The number of allylic oxidation sites excluding steroid dienone is 5. The van der Waals surface area contributed by atoms with Gasteiger partial charge in [0.15, 0.2) is 17.7 Å². The van der Waals surface area contributed by atoms with Gasteiger partial charge in [-0.05, 0) is 81.0 Å². The normalized spacial score (nSPS) is 22.1. The number of anilines is 1. The average molecular weight is 486 g/mol. The monoisotopic (exact) mass is 485 g/mol. The van der Waals surface area contributed by atoms with Crippen LogP contribution in [0.5, 0.6) is 0 Å². The lowest BCUT2D eigenvalue weighted by atomic mass is 9.98. The summed E-state index contributed by atoms with van der Waals surface area (Å²) in [5.41, 5.74) is 4.04. The second-order valence-corrected chi connectivity index (χ2v) is 9.01. The van der Waals surface area contributed by atoms with Crippen molar-refractivity contribution in [2.24, 2.45) is 5.41 Å². The molecule has 7 nitrogen and oxygen atoms in total. The molecule has 4 rings (SSSR count). The molecule has 35 heavy (non-hydrogen) atoms. The van der Waals surface area contributed by atoms with Crippen LogP contribution in [0, 0.1) is 19.3 Å². The fraction of sp³-hybridized carbons (Fsp3) is 0.385. The molecule has 0 aromatic carbocycles. The average Bonchev–Trinajstić information content (AvgIpc) is 3.53. The zero-order chi connectivity index (χ0) is 25.4. The number of ether oxygens (including phenoxy) is 3. The zero-order valence-corrected chi connectivity index (χ0v) is 20.2. The Bertz CT molecular complexity index is 1180. The predicted molar refractivity (Wildman–Crippen MR) is 128 cm³/mol. The van der Waals surface area contributed by atoms with Crippen LogP contribution in [0.1, 0.15) is 43.0 Å². The van der Waals surface area contributed by atoms with Crippen molar-refractivity contribution in [3.63, 3.8) is 0 Å². The number of amides is 1. The van der Waals surface area contributed by atoms with Gasteiger partial charge in [0.25, 0.3) is 0 Å². The standard InChI is InChI=1S/C26H29F2N3O4/c1-6-19-20(35-26(27,28)34-19)8-7-9-25(10-11-25)24(32)31-21-13-16(3)17(4)22(30-21)18-12-15(2)14-29-23(18)33-5/h6-8,12-14,23,29H,1,9-11H2,2-5H3,(H,30,31,32)/b8-7-. The van der Waals surface area contributed by atoms with Crippen molar-refractivity contribution in [2.75, 3.05) is 12.4 Å². The van der Waals surface area contributed by atoms with E-state index >= 15 is 0 Å². The topological polar surface area (TPSA) is 81.7 Å². The smallest absolute Gasteiger partial charge is 0.395 e. The summed E-state index contributed by atoms with van der Waals surface area (Å²) in [6.45, 7) is 9.39. The minimum Gasteiger partial charge on any atom is -0.395 e. The van der Waals surface area contributed by atoms with Crippen molar-refractivity contribution in [1.82, 2.24) is 10.3 Å². The molecular weight excluding hydrogens is 456 g/mol. The van der Waals surface area contributed by atoms with E-state index in [1.165, 1.54) is 6.08 Å². The molecule has 0 radical (unpaired) electrons. The van der Waals surface area contributed by atoms with Gasteiger partial charge < -0.3 is 24.8 Å². The highest BCUT2D eigenvalue weighted by Gasteiger charge is 2.49. The van der Waals surface area contributed by atoms with Crippen LogP contribution >= 0.6 is 0 Å². The Labute approximate surface area is 203 Å². The molecule has 1 fully saturated rings. The molecule has 1 amide bonds. The maximum Gasteiger partial charge on any atom is 0.586 e. The predicted octanol–water partition coefficient (Wildman–Crippen LogP) is 5.22. The number of aryl methyl sites for hydroxylation is 1. The molecule has 1 saturated carbocycles. The van der Waals surface area contributed by atoms with Crippen molar-refractivity contribution in [3.8, 4) is 0 Å². The Kier molecular flexibility index (Phi) is 6.55. The van der Waals surface area contributed by atoms with Crippen molar-refractivity contribution in [3.05, 3.63) is 77.1 Å². The van der Waals surface area contributed by atoms with Crippen molar-refractivity contribution in [2.45, 2.75) is 52.6 Å². The van der Waals surface area contributed by atoms with Crippen LogP contribution in [-0.4, -0.2) is 30.5 Å². The Morgan fingerprint density at radius 2 is 2.03 bits per heavy atom. The Hall–Kier alpha value is -3.46.